The zero-order chi connectivity index (χ0) is 21.4. The number of nitrogens with one attached hydrogen (secondary N) is 1. The smallest absolute Gasteiger partial charge is 0.396 e. The van der Waals surface area contributed by atoms with Crippen molar-refractivity contribution in [1.82, 2.24) is 5.32 Å². The molecule has 0 saturated carbocycles. The third-order valence-electron chi connectivity index (χ3n) is 4.84. The van der Waals surface area contributed by atoms with Crippen LogP contribution in [0, 0.1) is 20.2 Å². The van der Waals surface area contributed by atoms with Gasteiger partial charge >= 0.3 is 12.1 Å². The number of carboxylic acids is 1. The number of aliphatic carboxylic acids is 1. The van der Waals surface area contributed by atoms with Gasteiger partial charge in [-0.1, -0.05) is 12.1 Å². The van der Waals surface area contributed by atoms with E-state index in [2.05, 4.69) is 5.32 Å². The lowest BCUT2D eigenvalue weighted by Crippen LogP contribution is -2.63. The van der Waals surface area contributed by atoms with Gasteiger partial charge in [0.15, 0.2) is 0 Å². The summed E-state index contributed by atoms with van der Waals surface area (Å²) in [5.74, 6) is -3.51. The molecular weight excluding hydrogens is 387 g/mol. The molecule has 1 aliphatic rings. The number of non-ortho nitro benzene ring substituents is 1. The standard InChI is InChI=1S/C16H16F3N3O6/c1-8-12(14(23)24)13(10-4-3-5-11(6-10)21(25)26)15(22(27)28,9(2)20-8)7-16(17,18)19/h3-6,9,13,20H,7H2,1-2H3,(H,23,24). The lowest BCUT2D eigenvalue weighted by molar-refractivity contribution is -0.586. The van der Waals surface area contributed by atoms with Crippen LogP contribution < -0.4 is 5.32 Å². The number of nitrogens with zero attached hydrogens (tertiary/aromatic N) is 2. The van der Waals surface area contributed by atoms with Gasteiger partial charge in [-0.15, -0.1) is 0 Å². The fourth-order valence-corrected chi connectivity index (χ4v) is 3.71. The van der Waals surface area contributed by atoms with Crippen LogP contribution in [0.5, 0.6) is 0 Å². The summed E-state index contributed by atoms with van der Waals surface area (Å²) in [4.78, 5) is 32.9. The van der Waals surface area contributed by atoms with Gasteiger partial charge in [-0.2, -0.15) is 13.2 Å². The van der Waals surface area contributed by atoms with E-state index < -0.39 is 57.2 Å². The predicted octanol–water partition coefficient (Wildman–Crippen LogP) is 3.00. The van der Waals surface area contributed by atoms with Crippen LogP contribution in [-0.4, -0.2) is 38.7 Å². The maximum atomic E-state index is 13.3. The minimum atomic E-state index is -4.99. The highest BCUT2D eigenvalue weighted by Crippen LogP contribution is 2.49. The van der Waals surface area contributed by atoms with Crippen molar-refractivity contribution in [3.05, 3.63) is 61.3 Å². The SMILES string of the molecule is CC1=C(C(=O)O)C(c2cccc([N+](=O)[O-])c2)C(CC(F)(F)F)([N+](=O)[O-])C(C)N1. The van der Waals surface area contributed by atoms with Gasteiger partial charge in [0.25, 0.3) is 11.2 Å². The van der Waals surface area contributed by atoms with Crippen molar-refractivity contribution < 1.29 is 32.9 Å². The summed E-state index contributed by atoms with van der Waals surface area (Å²) in [5.41, 5.74) is -4.27. The summed E-state index contributed by atoms with van der Waals surface area (Å²) in [5, 5.41) is 35.1. The predicted molar refractivity (Wildman–Crippen MR) is 89.2 cm³/mol. The van der Waals surface area contributed by atoms with Gasteiger partial charge in [0.1, 0.15) is 6.42 Å². The van der Waals surface area contributed by atoms with Crippen LogP contribution >= 0.6 is 0 Å². The molecule has 9 nitrogen and oxygen atoms in total. The van der Waals surface area contributed by atoms with Crippen LogP contribution in [0.2, 0.25) is 0 Å². The van der Waals surface area contributed by atoms with E-state index in [1.165, 1.54) is 6.92 Å². The molecule has 0 spiro atoms. The minimum absolute atomic E-state index is 0.0452. The second kappa shape index (κ2) is 7.09. The summed E-state index contributed by atoms with van der Waals surface area (Å²) < 4.78 is 40.0. The largest absolute Gasteiger partial charge is 0.478 e. The Bertz CT molecular complexity index is 869. The van der Waals surface area contributed by atoms with E-state index in [1.807, 2.05) is 0 Å². The summed E-state index contributed by atoms with van der Waals surface area (Å²) >= 11 is 0. The molecule has 0 bridgehead atoms. The van der Waals surface area contributed by atoms with E-state index in [1.54, 1.807) is 0 Å². The quantitative estimate of drug-likeness (QED) is 0.570. The van der Waals surface area contributed by atoms with Crippen molar-refractivity contribution in [2.24, 2.45) is 0 Å². The number of hydrogen-bond acceptors (Lipinski definition) is 6. The average molecular weight is 403 g/mol. The van der Waals surface area contributed by atoms with Gasteiger partial charge < -0.3 is 10.4 Å². The molecule has 3 atom stereocenters. The molecular formula is C16H16F3N3O6. The number of alkyl halides is 3. The molecule has 1 aromatic rings. The van der Waals surface area contributed by atoms with Crippen molar-refractivity contribution in [1.29, 1.82) is 0 Å². The van der Waals surface area contributed by atoms with Gasteiger partial charge in [-0.3, -0.25) is 20.2 Å². The zero-order valence-electron chi connectivity index (χ0n) is 14.7. The number of benzene rings is 1. The molecule has 0 radical (unpaired) electrons. The Morgan fingerprint density at radius 1 is 1.32 bits per heavy atom. The monoisotopic (exact) mass is 403 g/mol. The zero-order valence-corrected chi connectivity index (χ0v) is 14.7. The lowest BCUT2D eigenvalue weighted by Gasteiger charge is -2.43. The minimum Gasteiger partial charge on any atom is -0.478 e. The molecule has 3 unspecified atom stereocenters. The second-order valence-corrected chi connectivity index (χ2v) is 6.54. The number of nitro groups is 2. The first-order valence-corrected chi connectivity index (χ1v) is 7.97. The summed E-state index contributed by atoms with van der Waals surface area (Å²) in [6.45, 7) is 2.43. The number of hydrogen-bond donors (Lipinski definition) is 2. The molecule has 1 aromatic carbocycles. The van der Waals surface area contributed by atoms with Gasteiger partial charge in [0, 0.05) is 22.8 Å². The molecule has 1 aliphatic heterocycles. The Balaban J connectivity index is 2.88. The van der Waals surface area contributed by atoms with Gasteiger partial charge in [-0.25, -0.2) is 4.79 Å². The first-order valence-electron chi connectivity index (χ1n) is 7.97. The van der Waals surface area contributed by atoms with E-state index in [0.717, 1.165) is 31.2 Å². The average Bonchev–Trinajstić information content (AvgIpc) is 2.55. The molecule has 152 valence electrons. The molecule has 0 amide bonds. The molecule has 1 heterocycles. The molecule has 0 fully saturated rings. The van der Waals surface area contributed by atoms with Crippen molar-refractivity contribution in [3.8, 4) is 0 Å². The van der Waals surface area contributed by atoms with E-state index in [4.69, 9.17) is 0 Å². The molecule has 2 rings (SSSR count). The van der Waals surface area contributed by atoms with Crippen LogP contribution in [0.3, 0.4) is 0 Å². The fraction of sp³-hybridized carbons (Fsp3) is 0.438. The maximum absolute atomic E-state index is 13.3. The molecule has 2 N–H and O–H groups in total. The Kier molecular flexibility index (Phi) is 5.35. The molecule has 0 saturated heterocycles. The maximum Gasteiger partial charge on any atom is 0.396 e. The van der Waals surface area contributed by atoms with E-state index in [0.29, 0.717) is 0 Å². The normalized spacial score (nSPS) is 25.2. The van der Waals surface area contributed by atoms with Crippen molar-refractivity contribution >= 4 is 11.7 Å². The number of rotatable bonds is 5. The fourth-order valence-electron chi connectivity index (χ4n) is 3.71. The third-order valence-corrected chi connectivity index (χ3v) is 4.84. The third kappa shape index (κ3) is 3.62. The Labute approximate surface area is 156 Å². The van der Waals surface area contributed by atoms with Crippen LogP contribution in [0.1, 0.15) is 31.7 Å². The van der Waals surface area contributed by atoms with Gasteiger partial charge in [0.2, 0.25) is 0 Å². The Morgan fingerprint density at radius 2 is 1.93 bits per heavy atom. The molecule has 0 aliphatic carbocycles. The lowest BCUT2D eigenvalue weighted by atomic mass is 9.66. The number of carbonyl (C=O) groups is 1. The highest BCUT2D eigenvalue weighted by Gasteiger charge is 2.65. The van der Waals surface area contributed by atoms with Gasteiger partial charge in [-0.05, 0) is 19.4 Å². The highest BCUT2D eigenvalue weighted by molar-refractivity contribution is 5.90. The number of carboxylic acid groups (broad SMARTS) is 1. The van der Waals surface area contributed by atoms with E-state index in [9.17, 15) is 43.3 Å². The molecule has 0 aromatic heterocycles. The van der Waals surface area contributed by atoms with Crippen molar-refractivity contribution in [2.75, 3.05) is 0 Å². The van der Waals surface area contributed by atoms with Crippen molar-refractivity contribution in [3.63, 3.8) is 0 Å². The summed E-state index contributed by atoms with van der Waals surface area (Å²) in [7, 11) is 0. The van der Waals surface area contributed by atoms with Gasteiger partial charge in [0.05, 0.1) is 22.5 Å². The van der Waals surface area contributed by atoms with Crippen LogP contribution in [0.25, 0.3) is 0 Å². The Hall–Kier alpha value is -3.18. The molecule has 12 heteroatoms. The number of halogens is 3. The first-order chi connectivity index (χ1) is 12.8. The summed E-state index contributed by atoms with van der Waals surface area (Å²) in [6, 6.07) is 2.82. The Morgan fingerprint density at radius 3 is 2.39 bits per heavy atom. The van der Waals surface area contributed by atoms with E-state index >= 15 is 0 Å². The van der Waals surface area contributed by atoms with E-state index in [-0.39, 0.29) is 11.3 Å². The molecule has 28 heavy (non-hydrogen) atoms. The van der Waals surface area contributed by atoms with Crippen LogP contribution in [0.15, 0.2) is 35.5 Å². The highest BCUT2D eigenvalue weighted by atomic mass is 19.4. The second-order valence-electron chi connectivity index (χ2n) is 6.54. The first kappa shape index (κ1) is 21.1. The number of nitro benzene ring substituents is 1. The summed E-state index contributed by atoms with van der Waals surface area (Å²) in [6.07, 6.45) is -6.91. The van der Waals surface area contributed by atoms with Crippen LogP contribution in [0.4, 0.5) is 18.9 Å². The van der Waals surface area contributed by atoms with Crippen molar-refractivity contribution in [2.45, 2.75) is 43.9 Å². The topological polar surface area (TPSA) is 136 Å². The van der Waals surface area contributed by atoms with Crippen LogP contribution in [-0.2, 0) is 4.79 Å². The number of allylic oxidation sites excluding steroid dienone is 1.